The van der Waals surface area contributed by atoms with Crippen LogP contribution in [0.4, 0.5) is 4.70 Å². The Morgan fingerprint density at radius 3 is 1.80 bits per heavy atom. The van der Waals surface area contributed by atoms with Crippen LogP contribution in [0, 0.1) is 5.41 Å². The quantitative estimate of drug-likeness (QED) is 0.103. The van der Waals surface area contributed by atoms with E-state index in [0.717, 1.165) is 30.4 Å². The van der Waals surface area contributed by atoms with E-state index in [-0.39, 0.29) is 34.7 Å². The van der Waals surface area contributed by atoms with Gasteiger partial charge in [-0.25, -0.2) is 4.79 Å². The molecular formula is C39H67FO5. The van der Waals surface area contributed by atoms with Gasteiger partial charge in [-0.1, -0.05) is 125 Å². The Labute approximate surface area is 276 Å². The molecule has 5 nitrogen and oxygen atoms in total. The first-order valence-electron chi connectivity index (χ1n) is 17.0. The minimum Gasteiger partial charge on any atom is -0.482 e. The van der Waals surface area contributed by atoms with E-state index in [4.69, 9.17) is 18.9 Å². The Morgan fingerprint density at radius 2 is 1.36 bits per heavy atom. The average Bonchev–Trinajstić information content (AvgIpc) is 3.26. The minimum absolute atomic E-state index is 0. The van der Waals surface area contributed by atoms with Crippen LogP contribution in [0.3, 0.4) is 0 Å². The van der Waals surface area contributed by atoms with Gasteiger partial charge in [0.1, 0.15) is 13.2 Å². The number of unbranched alkanes of at least 4 members (excludes halogenated alkanes) is 2. The number of allylic oxidation sites excluding steroid dienone is 2. The summed E-state index contributed by atoms with van der Waals surface area (Å²) in [6.45, 7) is 25.0. The summed E-state index contributed by atoms with van der Waals surface area (Å²) in [6, 6.07) is 7.90. The van der Waals surface area contributed by atoms with Gasteiger partial charge in [-0.3, -0.25) is 4.70 Å². The van der Waals surface area contributed by atoms with Crippen molar-refractivity contribution in [2.24, 2.45) is 5.41 Å². The molecule has 260 valence electrons. The van der Waals surface area contributed by atoms with Crippen LogP contribution in [-0.2, 0) is 24.4 Å². The predicted molar refractivity (Wildman–Crippen MR) is 191 cm³/mol. The van der Waals surface area contributed by atoms with E-state index in [1.165, 1.54) is 24.8 Å². The highest BCUT2D eigenvalue weighted by Gasteiger charge is 2.41. The molecule has 45 heavy (non-hydrogen) atoms. The molecule has 0 N–H and O–H groups in total. The fraction of sp³-hybridized carbons (Fsp3) is 0.641. The smallest absolute Gasteiger partial charge is 0.338 e. The van der Waals surface area contributed by atoms with Crippen molar-refractivity contribution in [3.8, 4) is 0 Å². The third kappa shape index (κ3) is 15.5. The summed E-state index contributed by atoms with van der Waals surface area (Å²) in [7, 11) is 3.27. The number of carbonyl (C=O) groups excluding carboxylic acids is 1. The number of carbonyl (C=O) groups is 1. The van der Waals surface area contributed by atoms with Crippen LogP contribution in [0.25, 0.3) is 0 Å². The fourth-order valence-electron chi connectivity index (χ4n) is 4.96. The monoisotopic (exact) mass is 634 g/mol. The molecule has 0 amide bonds. The second kappa shape index (κ2) is 27.6. The van der Waals surface area contributed by atoms with E-state index in [1.54, 1.807) is 14.2 Å². The molecule has 1 aromatic rings. The summed E-state index contributed by atoms with van der Waals surface area (Å²) in [4.78, 5) is 12.6. The van der Waals surface area contributed by atoms with Crippen LogP contribution in [-0.4, -0.2) is 46.6 Å². The number of esters is 1. The number of hydrogen-bond donors (Lipinski definition) is 0. The lowest BCUT2D eigenvalue weighted by Crippen LogP contribution is -2.40. The molecule has 1 unspecified atom stereocenters. The lowest BCUT2D eigenvalue weighted by molar-refractivity contribution is 0.0402. The van der Waals surface area contributed by atoms with Crippen molar-refractivity contribution >= 4 is 5.97 Å². The Balaban J connectivity index is -0.00000157. The Morgan fingerprint density at radius 1 is 0.800 bits per heavy atom. The molecule has 0 saturated carbocycles. The molecule has 0 heterocycles. The zero-order valence-corrected chi connectivity index (χ0v) is 31.1. The molecule has 0 saturated heterocycles. The SMILES string of the molecule is CC.CC.CCC(C)(CC)C(C)(CC)c1ccc(C(=O)OCCOC2=C=C(COC)C=CC=C2COC)cc1.CCCCC.F. The van der Waals surface area contributed by atoms with Crippen LogP contribution in [0.1, 0.15) is 131 Å². The number of hydrogen-bond acceptors (Lipinski definition) is 5. The molecule has 0 spiro atoms. The highest BCUT2D eigenvalue weighted by atomic mass is 19.0. The molecule has 0 aliphatic heterocycles. The third-order valence-electron chi connectivity index (χ3n) is 8.39. The van der Waals surface area contributed by atoms with Crippen LogP contribution in [0.15, 0.2) is 65.1 Å². The lowest BCUT2D eigenvalue weighted by Gasteiger charge is -2.46. The molecule has 0 aromatic heterocycles. The van der Waals surface area contributed by atoms with Crippen molar-refractivity contribution in [3.63, 3.8) is 0 Å². The first-order valence-corrected chi connectivity index (χ1v) is 17.0. The Kier molecular flexibility index (Phi) is 28.7. The Bertz CT molecular complexity index is 1010. The maximum absolute atomic E-state index is 12.6. The minimum atomic E-state index is -0.355. The topological polar surface area (TPSA) is 54.0 Å². The van der Waals surface area contributed by atoms with Gasteiger partial charge in [0.2, 0.25) is 0 Å². The van der Waals surface area contributed by atoms with Crippen LogP contribution < -0.4 is 0 Å². The first-order chi connectivity index (χ1) is 21.2. The molecular weight excluding hydrogens is 567 g/mol. The van der Waals surface area contributed by atoms with Crippen LogP contribution in [0.2, 0.25) is 0 Å². The van der Waals surface area contributed by atoms with Gasteiger partial charge in [-0.15, -0.1) is 0 Å². The summed E-state index contributed by atoms with van der Waals surface area (Å²) in [6.07, 6.45) is 13.1. The first kappa shape index (κ1) is 46.8. The molecule has 0 fully saturated rings. The zero-order chi connectivity index (χ0) is 34.0. The van der Waals surface area contributed by atoms with E-state index in [0.29, 0.717) is 24.5 Å². The third-order valence-corrected chi connectivity index (χ3v) is 8.39. The normalized spacial score (nSPS) is 13.2. The number of benzene rings is 1. The molecule has 1 aliphatic rings. The summed E-state index contributed by atoms with van der Waals surface area (Å²) < 4.78 is 21.9. The van der Waals surface area contributed by atoms with Crippen molar-refractivity contribution in [2.75, 3.05) is 40.6 Å². The molecule has 1 aliphatic carbocycles. The summed E-state index contributed by atoms with van der Waals surface area (Å²) in [5.74, 6) is 0.213. The second-order valence-corrected chi connectivity index (χ2v) is 10.8. The fourth-order valence-corrected chi connectivity index (χ4v) is 4.96. The van der Waals surface area contributed by atoms with Gasteiger partial charge in [0.05, 0.1) is 18.8 Å². The molecule has 1 aromatic carbocycles. The number of ether oxygens (including phenoxy) is 4. The largest absolute Gasteiger partial charge is 0.482 e. The van der Waals surface area contributed by atoms with Crippen molar-refractivity contribution in [2.45, 2.75) is 120 Å². The lowest BCUT2D eigenvalue weighted by atomic mass is 9.58. The van der Waals surface area contributed by atoms with Gasteiger partial charge >= 0.3 is 5.97 Å². The van der Waals surface area contributed by atoms with Gasteiger partial charge in [0.25, 0.3) is 0 Å². The summed E-state index contributed by atoms with van der Waals surface area (Å²) >= 11 is 0. The van der Waals surface area contributed by atoms with Gasteiger partial charge in [-0.05, 0) is 53.9 Å². The second-order valence-electron chi connectivity index (χ2n) is 10.8. The molecule has 2 rings (SSSR count). The predicted octanol–water partition coefficient (Wildman–Crippen LogP) is 11.0. The molecule has 0 radical (unpaired) electrons. The van der Waals surface area contributed by atoms with E-state index < -0.39 is 0 Å². The average molecular weight is 635 g/mol. The highest BCUT2D eigenvalue weighted by Crippen LogP contribution is 2.48. The van der Waals surface area contributed by atoms with E-state index in [2.05, 4.69) is 66.3 Å². The standard InChI is InChI=1S/C30H42O5.C5H12.2C2H6.FH/c1-8-29(4,9-2)30(5,10-3)26-16-14-24(15-17-26)28(31)35-19-18-34-27-20-23(21-32-6)12-11-13-25(27)22-33-7;1-3-5-4-2;2*1-2;/h11-17H,8-10,18-19,21-22H2,1-7H3;3-5H2,1-2H3;2*1-2H3;1H. The van der Waals surface area contributed by atoms with Crippen molar-refractivity contribution in [1.82, 2.24) is 0 Å². The van der Waals surface area contributed by atoms with Gasteiger partial charge in [-0.2, -0.15) is 0 Å². The van der Waals surface area contributed by atoms with Crippen molar-refractivity contribution in [3.05, 3.63) is 76.3 Å². The summed E-state index contributed by atoms with van der Waals surface area (Å²) in [5, 5.41) is 0. The van der Waals surface area contributed by atoms with E-state index >= 15 is 0 Å². The number of methoxy groups -OCH3 is 2. The van der Waals surface area contributed by atoms with Gasteiger partial charge in [0, 0.05) is 25.4 Å². The maximum Gasteiger partial charge on any atom is 0.338 e. The van der Waals surface area contributed by atoms with Gasteiger partial charge in [0.15, 0.2) is 5.76 Å². The highest BCUT2D eigenvalue weighted by molar-refractivity contribution is 5.89. The molecule has 1 atom stereocenters. The van der Waals surface area contributed by atoms with E-state index in [9.17, 15) is 4.79 Å². The maximum atomic E-state index is 12.6. The van der Waals surface area contributed by atoms with Gasteiger partial charge < -0.3 is 18.9 Å². The van der Waals surface area contributed by atoms with Crippen molar-refractivity contribution in [1.29, 1.82) is 0 Å². The van der Waals surface area contributed by atoms with Crippen LogP contribution >= 0.6 is 0 Å². The zero-order valence-electron chi connectivity index (χ0n) is 31.1. The molecule has 6 heteroatoms. The van der Waals surface area contributed by atoms with E-state index in [1.807, 2.05) is 58.1 Å². The number of halogens is 1. The summed E-state index contributed by atoms with van der Waals surface area (Å²) in [5.41, 5.74) is 6.99. The van der Waals surface area contributed by atoms with Crippen LogP contribution in [0.5, 0.6) is 0 Å². The molecule has 0 bridgehead atoms. The Hall–Kier alpha value is -2.66. The van der Waals surface area contributed by atoms with Crippen molar-refractivity contribution < 1.29 is 28.4 Å². The number of rotatable bonds is 16.